The van der Waals surface area contributed by atoms with E-state index < -0.39 is 11.8 Å². The summed E-state index contributed by atoms with van der Waals surface area (Å²) < 4.78 is 10.2. The van der Waals surface area contributed by atoms with Crippen molar-refractivity contribution in [2.75, 3.05) is 32.6 Å². The van der Waals surface area contributed by atoms with Crippen LogP contribution in [0.15, 0.2) is 18.2 Å². The van der Waals surface area contributed by atoms with Crippen molar-refractivity contribution in [1.29, 1.82) is 0 Å². The maximum Gasteiger partial charge on any atom is 0.313 e. The van der Waals surface area contributed by atoms with E-state index in [9.17, 15) is 9.59 Å². The first-order valence-corrected chi connectivity index (χ1v) is 6.39. The van der Waals surface area contributed by atoms with Crippen LogP contribution < -0.4 is 14.8 Å². The Morgan fingerprint density at radius 1 is 1.10 bits per heavy atom. The van der Waals surface area contributed by atoms with Crippen LogP contribution in [0, 0.1) is 0 Å². The van der Waals surface area contributed by atoms with E-state index in [4.69, 9.17) is 9.47 Å². The smallest absolute Gasteiger partial charge is 0.313 e. The van der Waals surface area contributed by atoms with Gasteiger partial charge in [0.2, 0.25) is 0 Å². The molecule has 110 valence electrons. The number of amides is 2. The average molecular weight is 280 g/mol. The molecule has 1 aromatic carbocycles. The Morgan fingerprint density at radius 3 is 2.20 bits per heavy atom. The standard InChI is InChI=1S/C14H20N2O4/c1-5-16(6-2)14(18)13(17)15-10-7-8-11(19-3)12(9-10)20-4/h7-9H,5-6H2,1-4H3,(H,15,17). The fourth-order valence-corrected chi connectivity index (χ4v) is 1.75. The summed E-state index contributed by atoms with van der Waals surface area (Å²) in [6.07, 6.45) is 0. The monoisotopic (exact) mass is 280 g/mol. The molecule has 1 aromatic rings. The molecule has 0 bridgehead atoms. The SMILES string of the molecule is CCN(CC)C(=O)C(=O)Nc1ccc(OC)c(OC)c1. The van der Waals surface area contributed by atoms with Crippen molar-refractivity contribution in [2.24, 2.45) is 0 Å². The van der Waals surface area contributed by atoms with Crippen LogP contribution in [0.1, 0.15) is 13.8 Å². The Balaban J connectivity index is 2.83. The Bertz CT molecular complexity index is 484. The molecule has 0 aliphatic heterocycles. The zero-order chi connectivity index (χ0) is 15.1. The molecule has 6 nitrogen and oxygen atoms in total. The number of anilines is 1. The van der Waals surface area contributed by atoms with Gasteiger partial charge in [0.05, 0.1) is 14.2 Å². The van der Waals surface area contributed by atoms with Crippen LogP contribution in [-0.2, 0) is 9.59 Å². The number of carbonyl (C=O) groups excluding carboxylic acids is 2. The first kappa shape index (κ1) is 15.8. The number of methoxy groups -OCH3 is 2. The number of hydrogen-bond acceptors (Lipinski definition) is 4. The minimum Gasteiger partial charge on any atom is -0.493 e. The molecular weight excluding hydrogens is 260 g/mol. The molecule has 2 amide bonds. The first-order chi connectivity index (χ1) is 9.57. The van der Waals surface area contributed by atoms with Crippen LogP contribution >= 0.6 is 0 Å². The van der Waals surface area contributed by atoms with Gasteiger partial charge in [0.25, 0.3) is 0 Å². The van der Waals surface area contributed by atoms with Crippen LogP contribution in [0.25, 0.3) is 0 Å². The lowest BCUT2D eigenvalue weighted by Crippen LogP contribution is -2.39. The van der Waals surface area contributed by atoms with Gasteiger partial charge in [-0.2, -0.15) is 0 Å². The van der Waals surface area contributed by atoms with E-state index in [1.54, 1.807) is 18.2 Å². The van der Waals surface area contributed by atoms with Gasteiger partial charge in [-0.1, -0.05) is 0 Å². The topological polar surface area (TPSA) is 67.9 Å². The fraction of sp³-hybridized carbons (Fsp3) is 0.429. The van der Waals surface area contributed by atoms with Gasteiger partial charge in [-0.15, -0.1) is 0 Å². The van der Waals surface area contributed by atoms with Crippen LogP contribution in [-0.4, -0.2) is 44.0 Å². The lowest BCUT2D eigenvalue weighted by Gasteiger charge is -2.18. The van der Waals surface area contributed by atoms with Crippen molar-refractivity contribution in [3.05, 3.63) is 18.2 Å². The van der Waals surface area contributed by atoms with Gasteiger partial charge in [0.1, 0.15) is 0 Å². The van der Waals surface area contributed by atoms with Gasteiger partial charge in [-0.05, 0) is 26.0 Å². The highest BCUT2D eigenvalue weighted by atomic mass is 16.5. The molecule has 0 saturated carbocycles. The number of rotatable bonds is 5. The summed E-state index contributed by atoms with van der Waals surface area (Å²) in [4.78, 5) is 25.2. The average Bonchev–Trinajstić information content (AvgIpc) is 2.48. The van der Waals surface area contributed by atoms with Crippen LogP contribution in [0.2, 0.25) is 0 Å². The van der Waals surface area contributed by atoms with Crippen molar-refractivity contribution < 1.29 is 19.1 Å². The molecule has 0 heterocycles. The quantitative estimate of drug-likeness (QED) is 0.830. The molecule has 0 saturated heterocycles. The maximum absolute atomic E-state index is 11.9. The van der Waals surface area contributed by atoms with Gasteiger partial charge in [-0.3, -0.25) is 9.59 Å². The van der Waals surface area contributed by atoms with Crippen molar-refractivity contribution in [2.45, 2.75) is 13.8 Å². The minimum atomic E-state index is -0.666. The number of nitrogens with one attached hydrogen (secondary N) is 1. The molecule has 0 aliphatic rings. The maximum atomic E-state index is 11.9. The summed E-state index contributed by atoms with van der Waals surface area (Å²) in [7, 11) is 3.03. The number of ether oxygens (including phenoxy) is 2. The summed E-state index contributed by atoms with van der Waals surface area (Å²) in [6.45, 7) is 4.64. The molecule has 0 aromatic heterocycles. The van der Waals surface area contributed by atoms with Crippen molar-refractivity contribution in [1.82, 2.24) is 4.90 Å². The highest BCUT2D eigenvalue weighted by Gasteiger charge is 2.19. The predicted octanol–water partition coefficient (Wildman–Crippen LogP) is 1.51. The lowest BCUT2D eigenvalue weighted by atomic mass is 10.2. The molecule has 0 spiro atoms. The molecule has 0 atom stereocenters. The molecular formula is C14H20N2O4. The second-order valence-corrected chi connectivity index (χ2v) is 4.00. The summed E-state index contributed by atoms with van der Waals surface area (Å²) >= 11 is 0. The van der Waals surface area contributed by atoms with Gasteiger partial charge in [-0.25, -0.2) is 0 Å². The number of nitrogens with zero attached hydrogens (tertiary/aromatic N) is 1. The van der Waals surface area contributed by atoms with Crippen LogP contribution in [0.4, 0.5) is 5.69 Å². The number of hydrogen-bond donors (Lipinski definition) is 1. The molecule has 1 N–H and O–H groups in total. The van der Waals surface area contributed by atoms with Crippen molar-refractivity contribution >= 4 is 17.5 Å². The largest absolute Gasteiger partial charge is 0.493 e. The van der Waals surface area contributed by atoms with Crippen LogP contribution in [0.5, 0.6) is 11.5 Å². The Morgan fingerprint density at radius 2 is 1.70 bits per heavy atom. The van der Waals surface area contributed by atoms with E-state index >= 15 is 0 Å². The third-order valence-electron chi connectivity index (χ3n) is 2.89. The van der Waals surface area contributed by atoms with E-state index in [1.807, 2.05) is 13.8 Å². The molecule has 0 unspecified atom stereocenters. The third-order valence-corrected chi connectivity index (χ3v) is 2.89. The van der Waals surface area contributed by atoms with E-state index in [0.717, 1.165) is 0 Å². The summed E-state index contributed by atoms with van der Waals surface area (Å²) in [5.74, 6) is -0.174. The van der Waals surface area contributed by atoms with Gasteiger partial charge in [0, 0.05) is 24.8 Å². The zero-order valence-electron chi connectivity index (χ0n) is 12.2. The molecule has 1 rings (SSSR count). The Kier molecular flexibility index (Phi) is 5.83. The molecule has 20 heavy (non-hydrogen) atoms. The van der Waals surface area contributed by atoms with Gasteiger partial charge < -0.3 is 19.7 Å². The van der Waals surface area contributed by atoms with E-state index in [2.05, 4.69) is 5.32 Å². The summed E-state index contributed by atoms with van der Waals surface area (Å²) in [5.41, 5.74) is 0.480. The molecule has 0 radical (unpaired) electrons. The molecule has 6 heteroatoms. The molecule has 0 aliphatic carbocycles. The fourth-order valence-electron chi connectivity index (χ4n) is 1.75. The summed E-state index contributed by atoms with van der Waals surface area (Å²) in [6, 6.07) is 4.91. The lowest BCUT2D eigenvalue weighted by molar-refractivity contribution is -0.142. The highest BCUT2D eigenvalue weighted by molar-refractivity contribution is 6.39. The number of carbonyl (C=O) groups is 2. The summed E-state index contributed by atoms with van der Waals surface area (Å²) in [5, 5.41) is 2.55. The zero-order valence-corrected chi connectivity index (χ0v) is 12.2. The number of benzene rings is 1. The Hall–Kier alpha value is -2.24. The Labute approximate surface area is 118 Å². The highest BCUT2D eigenvalue weighted by Crippen LogP contribution is 2.29. The van der Waals surface area contributed by atoms with Crippen LogP contribution in [0.3, 0.4) is 0 Å². The van der Waals surface area contributed by atoms with E-state index in [0.29, 0.717) is 30.3 Å². The predicted molar refractivity (Wildman–Crippen MR) is 76.1 cm³/mol. The van der Waals surface area contributed by atoms with E-state index in [-0.39, 0.29) is 0 Å². The van der Waals surface area contributed by atoms with Gasteiger partial charge >= 0.3 is 11.8 Å². The molecule has 0 fully saturated rings. The second-order valence-electron chi connectivity index (χ2n) is 4.00. The normalized spacial score (nSPS) is 9.80. The van der Waals surface area contributed by atoms with Gasteiger partial charge in [0.15, 0.2) is 11.5 Å². The van der Waals surface area contributed by atoms with Crippen molar-refractivity contribution in [3.8, 4) is 11.5 Å². The second kappa shape index (κ2) is 7.37. The third kappa shape index (κ3) is 3.63. The number of likely N-dealkylation sites (N-methyl/N-ethyl adjacent to an activating group) is 1. The van der Waals surface area contributed by atoms with E-state index in [1.165, 1.54) is 19.1 Å². The first-order valence-electron chi connectivity index (χ1n) is 6.39. The van der Waals surface area contributed by atoms with Crippen molar-refractivity contribution in [3.63, 3.8) is 0 Å². The minimum absolute atomic E-state index is 0.480.